The number of thioether (sulfide) groups is 1. The monoisotopic (exact) mass is 483 g/mol. The van der Waals surface area contributed by atoms with Crippen LogP contribution in [0.5, 0.6) is 0 Å². The van der Waals surface area contributed by atoms with Gasteiger partial charge in [0.1, 0.15) is 0 Å². The third-order valence-electron chi connectivity index (χ3n) is 4.02. The highest BCUT2D eigenvalue weighted by Gasteiger charge is 2.21. The van der Waals surface area contributed by atoms with Crippen LogP contribution in [0.25, 0.3) is 0 Å². The maximum atomic E-state index is 12.4. The van der Waals surface area contributed by atoms with Crippen molar-refractivity contribution in [2.75, 3.05) is 42.3 Å². The minimum absolute atomic E-state index is 0.0953. The van der Waals surface area contributed by atoms with E-state index in [1.807, 2.05) is 11.5 Å². The summed E-state index contributed by atoms with van der Waals surface area (Å²) < 4.78 is 7.35. The Balaban J connectivity index is 1.68. The number of anilines is 2. The number of nitrogens with zero attached hydrogens (tertiary/aromatic N) is 4. The molecule has 0 unspecified atom stereocenters. The van der Waals surface area contributed by atoms with Crippen LogP contribution in [0.4, 0.5) is 11.6 Å². The lowest BCUT2D eigenvalue weighted by molar-refractivity contribution is -0.113. The lowest BCUT2D eigenvalue weighted by Crippen LogP contribution is -2.38. The van der Waals surface area contributed by atoms with Crippen LogP contribution in [-0.2, 0) is 16.1 Å². The van der Waals surface area contributed by atoms with Gasteiger partial charge in [0.2, 0.25) is 11.9 Å². The minimum Gasteiger partial charge on any atom is -0.378 e. The molecule has 12 heteroatoms. The van der Waals surface area contributed by atoms with Crippen LogP contribution in [0.15, 0.2) is 11.2 Å². The SMILES string of the molecule is CCn1c(SCC(=O)Nc2c(Cl)c(Cl)cc(Cl)c2Cl)nnc1N1CCOCC1. The van der Waals surface area contributed by atoms with Gasteiger partial charge in [-0.2, -0.15) is 0 Å². The maximum absolute atomic E-state index is 12.4. The van der Waals surface area contributed by atoms with Crippen LogP contribution in [-0.4, -0.2) is 52.7 Å². The molecule has 1 fully saturated rings. The summed E-state index contributed by atoms with van der Waals surface area (Å²) in [6.45, 7) is 5.53. The highest BCUT2D eigenvalue weighted by Crippen LogP contribution is 2.41. The molecule has 1 aromatic carbocycles. The molecule has 1 saturated heterocycles. The van der Waals surface area contributed by atoms with E-state index in [0.29, 0.717) is 24.9 Å². The molecule has 3 rings (SSSR count). The fourth-order valence-corrected chi connectivity index (χ4v) is 4.35. The lowest BCUT2D eigenvalue weighted by Gasteiger charge is -2.27. The number of halogens is 4. The topological polar surface area (TPSA) is 72.3 Å². The molecule has 7 nitrogen and oxygen atoms in total. The summed E-state index contributed by atoms with van der Waals surface area (Å²) >= 11 is 25.5. The highest BCUT2D eigenvalue weighted by molar-refractivity contribution is 7.99. The van der Waals surface area contributed by atoms with E-state index < -0.39 is 0 Å². The molecule has 28 heavy (non-hydrogen) atoms. The molecule has 0 atom stereocenters. The van der Waals surface area contributed by atoms with Crippen molar-refractivity contribution in [1.82, 2.24) is 14.8 Å². The second-order valence-corrected chi connectivity index (χ2v) is 8.32. The Morgan fingerprint density at radius 1 is 1.18 bits per heavy atom. The number of carbonyl (C=O) groups excluding carboxylic acids is 1. The molecule has 0 aliphatic carbocycles. The Labute approximate surface area is 186 Å². The summed E-state index contributed by atoms with van der Waals surface area (Å²) in [4.78, 5) is 14.5. The minimum atomic E-state index is -0.314. The molecule has 1 amide bonds. The molecule has 0 bridgehead atoms. The summed E-state index contributed by atoms with van der Waals surface area (Å²) in [7, 11) is 0. The van der Waals surface area contributed by atoms with Gasteiger partial charge < -0.3 is 15.0 Å². The zero-order chi connectivity index (χ0) is 20.3. The zero-order valence-corrected chi connectivity index (χ0v) is 18.7. The van der Waals surface area contributed by atoms with Crippen molar-refractivity contribution in [3.05, 3.63) is 26.2 Å². The Morgan fingerprint density at radius 2 is 1.82 bits per heavy atom. The summed E-state index contributed by atoms with van der Waals surface area (Å²) in [5.74, 6) is 0.560. The second kappa shape index (κ2) is 9.73. The molecule has 0 spiro atoms. The molecular formula is C16H17Cl4N5O2S. The van der Waals surface area contributed by atoms with Crippen molar-refractivity contribution < 1.29 is 9.53 Å². The number of rotatable bonds is 6. The molecular weight excluding hydrogens is 468 g/mol. The summed E-state index contributed by atoms with van der Waals surface area (Å²) in [6.07, 6.45) is 0. The quantitative estimate of drug-likeness (QED) is 0.481. The average Bonchev–Trinajstić information content (AvgIpc) is 3.11. The van der Waals surface area contributed by atoms with Gasteiger partial charge in [-0.05, 0) is 13.0 Å². The molecule has 1 aliphatic heterocycles. The van der Waals surface area contributed by atoms with Gasteiger partial charge in [0.05, 0.1) is 44.7 Å². The Kier molecular flexibility index (Phi) is 7.58. The van der Waals surface area contributed by atoms with E-state index in [1.54, 1.807) is 0 Å². The second-order valence-electron chi connectivity index (χ2n) is 5.81. The van der Waals surface area contributed by atoms with Gasteiger partial charge in [-0.1, -0.05) is 58.2 Å². The van der Waals surface area contributed by atoms with Gasteiger partial charge in [0, 0.05) is 19.6 Å². The van der Waals surface area contributed by atoms with Crippen LogP contribution in [0.2, 0.25) is 20.1 Å². The number of hydrogen-bond acceptors (Lipinski definition) is 6. The van der Waals surface area contributed by atoms with Gasteiger partial charge in [-0.3, -0.25) is 9.36 Å². The van der Waals surface area contributed by atoms with Gasteiger partial charge in [-0.25, -0.2) is 0 Å². The Hall–Kier alpha value is -0.900. The lowest BCUT2D eigenvalue weighted by atomic mass is 10.3. The van der Waals surface area contributed by atoms with Crippen LogP contribution in [0, 0.1) is 0 Å². The zero-order valence-electron chi connectivity index (χ0n) is 14.8. The first-order valence-electron chi connectivity index (χ1n) is 8.43. The van der Waals surface area contributed by atoms with Crippen LogP contribution < -0.4 is 10.2 Å². The number of hydrogen-bond donors (Lipinski definition) is 1. The summed E-state index contributed by atoms with van der Waals surface area (Å²) in [5.41, 5.74) is 0.192. The first-order chi connectivity index (χ1) is 13.4. The number of amides is 1. The Morgan fingerprint density at radius 3 is 2.43 bits per heavy atom. The third kappa shape index (κ3) is 4.80. The van der Waals surface area contributed by atoms with Gasteiger partial charge >= 0.3 is 0 Å². The van der Waals surface area contributed by atoms with Gasteiger partial charge in [-0.15, -0.1) is 10.2 Å². The van der Waals surface area contributed by atoms with Crippen LogP contribution in [0.3, 0.4) is 0 Å². The number of aromatic nitrogens is 3. The van der Waals surface area contributed by atoms with Crippen molar-refractivity contribution in [1.29, 1.82) is 0 Å². The van der Waals surface area contributed by atoms with E-state index >= 15 is 0 Å². The fraction of sp³-hybridized carbons (Fsp3) is 0.438. The molecule has 2 aromatic rings. The number of carbonyl (C=O) groups is 1. The van der Waals surface area contributed by atoms with Crippen LogP contribution in [0.1, 0.15) is 6.92 Å². The van der Waals surface area contributed by atoms with E-state index in [0.717, 1.165) is 19.0 Å². The third-order valence-corrected chi connectivity index (χ3v) is 6.56. The van der Waals surface area contributed by atoms with Crippen molar-refractivity contribution >= 4 is 75.7 Å². The fourth-order valence-electron chi connectivity index (χ4n) is 2.65. The van der Waals surface area contributed by atoms with Crippen molar-refractivity contribution in [2.45, 2.75) is 18.6 Å². The van der Waals surface area contributed by atoms with E-state index in [1.165, 1.54) is 17.8 Å². The largest absolute Gasteiger partial charge is 0.378 e. The average molecular weight is 485 g/mol. The standard InChI is InChI=1S/C16H17Cl4N5O2S/c1-2-25-15(24-3-5-27-6-4-24)22-23-16(25)28-8-11(26)21-14-12(19)9(17)7-10(18)13(14)20/h7H,2-6,8H2,1H3,(H,21,26). The molecule has 1 aromatic heterocycles. The summed E-state index contributed by atoms with van der Waals surface area (Å²) in [5, 5.41) is 12.5. The van der Waals surface area contributed by atoms with E-state index in [4.69, 9.17) is 51.1 Å². The van der Waals surface area contributed by atoms with Crippen LogP contribution >= 0.6 is 58.2 Å². The predicted molar refractivity (Wildman–Crippen MR) is 115 cm³/mol. The molecule has 152 valence electrons. The van der Waals surface area contributed by atoms with Gasteiger partial charge in [0.25, 0.3) is 0 Å². The van der Waals surface area contributed by atoms with Gasteiger partial charge in [0.15, 0.2) is 5.16 Å². The predicted octanol–water partition coefficient (Wildman–Crippen LogP) is 4.48. The smallest absolute Gasteiger partial charge is 0.234 e. The first-order valence-corrected chi connectivity index (χ1v) is 10.9. The highest BCUT2D eigenvalue weighted by atomic mass is 35.5. The number of morpholine rings is 1. The molecule has 0 saturated carbocycles. The van der Waals surface area contributed by atoms with E-state index in [9.17, 15) is 4.79 Å². The molecule has 2 heterocycles. The molecule has 1 aliphatic rings. The molecule has 1 N–H and O–H groups in total. The van der Waals surface area contributed by atoms with Crippen molar-refractivity contribution in [3.8, 4) is 0 Å². The molecule has 0 radical (unpaired) electrons. The normalized spacial score (nSPS) is 14.4. The Bertz CT molecular complexity index is 847. The number of benzene rings is 1. The van der Waals surface area contributed by atoms with E-state index in [-0.39, 0.29) is 37.4 Å². The first kappa shape index (κ1) is 21.8. The van der Waals surface area contributed by atoms with E-state index in [2.05, 4.69) is 20.4 Å². The van der Waals surface area contributed by atoms with Crippen molar-refractivity contribution in [2.24, 2.45) is 0 Å². The van der Waals surface area contributed by atoms with Crippen molar-refractivity contribution in [3.63, 3.8) is 0 Å². The summed E-state index contributed by atoms with van der Waals surface area (Å²) in [6, 6.07) is 1.43. The number of nitrogens with one attached hydrogen (secondary N) is 1. The maximum Gasteiger partial charge on any atom is 0.234 e. The number of ether oxygens (including phenoxy) is 1.